The number of rotatable bonds is 1. The first kappa shape index (κ1) is 10.6. The van der Waals surface area contributed by atoms with Crippen molar-refractivity contribution in [3.63, 3.8) is 0 Å². The number of nitrogens with zero attached hydrogens (tertiary/aromatic N) is 1. The lowest BCUT2D eigenvalue weighted by Gasteiger charge is -2.04. The number of Topliss-reactive ketones (excluding diaryl/α,β-unsaturated/α-hetero) is 1. The summed E-state index contributed by atoms with van der Waals surface area (Å²) in [5.41, 5.74) is 1.25. The average Bonchev–Trinajstić information content (AvgIpc) is 2.19. The highest BCUT2D eigenvalue weighted by Crippen LogP contribution is 2.28. The zero-order chi connectivity index (χ0) is 11.0. The van der Waals surface area contributed by atoms with E-state index in [4.69, 9.17) is 11.6 Å². The third kappa shape index (κ3) is 1.90. The number of aromatic nitrogens is 1. The van der Waals surface area contributed by atoms with Gasteiger partial charge in [0.2, 0.25) is 0 Å². The van der Waals surface area contributed by atoms with Crippen LogP contribution in [-0.4, -0.2) is 10.8 Å². The second kappa shape index (κ2) is 3.91. The van der Waals surface area contributed by atoms with Gasteiger partial charge in [0.15, 0.2) is 5.78 Å². The van der Waals surface area contributed by atoms with Gasteiger partial charge in [-0.3, -0.25) is 9.78 Å². The third-order valence-corrected chi connectivity index (χ3v) is 3.04. The number of carbonyl (C=O) groups excluding carboxylic acids is 1. The first-order valence-corrected chi connectivity index (χ1v) is 5.51. The van der Waals surface area contributed by atoms with Crippen LogP contribution in [-0.2, 0) is 0 Å². The monoisotopic (exact) mass is 283 g/mol. The van der Waals surface area contributed by atoms with Gasteiger partial charge in [-0.15, -0.1) is 0 Å². The van der Waals surface area contributed by atoms with Gasteiger partial charge in [0.25, 0.3) is 0 Å². The number of fused-ring (bicyclic) bond motifs is 1. The molecule has 2 aromatic rings. The molecule has 1 aromatic carbocycles. The smallest absolute Gasteiger partial charge is 0.162 e. The van der Waals surface area contributed by atoms with Crippen molar-refractivity contribution < 1.29 is 4.79 Å². The van der Waals surface area contributed by atoms with Crippen LogP contribution in [0.4, 0.5) is 0 Å². The molecule has 0 atom stereocenters. The average molecular weight is 285 g/mol. The summed E-state index contributed by atoms with van der Waals surface area (Å²) in [5, 5.41) is 1.26. The Labute approximate surface area is 100 Å². The summed E-state index contributed by atoms with van der Waals surface area (Å²) in [4.78, 5) is 15.4. The number of hydrogen-bond donors (Lipinski definition) is 0. The Hall–Kier alpha value is -0.930. The Morgan fingerprint density at radius 3 is 2.87 bits per heavy atom. The zero-order valence-electron chi connectivity index (χ0n) is 7.92. The third-order valence-electron chi connectivity index (χ3n) is 2.14. The molecular formula is C11H7BrClNO. The van der Waals surface area contributed by atoms with Crippen molar-refractivity contribution in [2.45, 2.75) is 6.92 Å². The van der Waals surface area contributed by atoms with Crippen molar-refractivity contribution in [1.82, 2.24) is 4.98 Å². The molecular weight excluding hydrogens is 277 g/mol. The molecule has 0 N–H and O–H groups in total. The minimum absolute atomic E-state index is 0.0747. The van der Waals surface area contributed by atoms with Crippen LogP contribution >= 0.6 is 27.5 Å². The van der Waals surface area contributed by atoms with Crippen molar-refractivity contribution in [3.05, 3.63) is 39.5 Å². The van der Waals surface area contributed by atoms with Gasteiger partial charge in [-0.05, 0) is 25.1 Å². The summed E-state index contributed by atoms with van der Waals surface area (Å²) in [6.07, 6.45) is 1.51. The molecule has 0 amide bonds. The van der Waals surface area contributed by atoms with Gasteiger partial charge in [-0.25, -0.2) is 0 Å². The number of ketones is 1. The lowest BCUT2D eigenvalue weighted by Crippen LogP contribution is -1.95. The van der Waals surface area contributed by atoms with Crippen LogP contribution in [0, 0.1) is 0 Å². The van der Waals surface area contributed by atoms with Gasteiger partial charge in [-0.2, -0.15) is 0 Å². The number of halogens is 2. The normalized spacial score (nSPS) is 10.6. The summed E-state index contributed by atoms with van der Waals surface area (Å²) in [6, 6.07) is 5.60. The summed E-state index contributed by atoms with van der Waals surface area (Å²) in [6.45, 7) is 1.48. The van der Waals surface area contributed by atoms with Crippen LogP contribution in [0.25, 0.3) is 10.9 Å². The second-order valence-electron chi connectivity index (χ2n) is 3.20. The van der Waals surface area contributed by atoms with Crippen LogP contribution in [0.2, 0.25) is 5.02 Å². The van der Waals surface area contributed by atoms with Gasteiger partial charge in [0.1, 0.15) is 0 Å². The lowest BCUT2D eigenvalue weighted by atomic mass is 10.1. The zero-order valence-corrected chi connectivity index (χ0v) is 10.3. The van der Waals surface area contributed by atoms with Crippen molar-refractivity contribution in [2.75, 3.05) is 0 Å². The fourth-order valence-electron chi connectivity index (χ4n) is 1.38. The van der Waals surface area contributed by atoms with Crippen LogP contribution in [0.5, 0.6) is 0 Å². The molecule has 2 rings (SSSR count). The highest BCUT2D eigenvalue weighted by molar-refractivity contribution is 9.10. The molecule has 0 radical (unpaired) electrons. The Morgan fingerprint density at radius 2 is 2.20 bits per heavy atom. The summed E-state index contributed by atoms with van der Waals surface area (Å²) < 4.78 is 0.916. The minimum Gasteiger partial charge on any atom is -0.294 e. The molecule has 1 aromatic heterocycles. The molecule has 0 saturated heterocycles. The molecule has 4 heteroatoms. The number of pyridine rings is 1. The molecule has 1 heterocycles. The van der Waals surface area contributed by atoms with E-state index in [1.807, 2.05) is 18.2 Å². The van der Waals surface area contributed by atoms with E-state index in [1.54, 1.807) is 0 Å². The van der Waals surface area contributed by atoms with Gasteiger partial charge in [0.05, 0.1) is 16.1 Å². The summed E-state index contributed by atoms with van der Waals surface area (Å²) in [5.74, 6) is -0.0747. The summed E-state index contributed by atoms with van der Waals surface area (Å²) in [7, 11) is 0. The van der Waals surface area contributed by atoms with E-state index >= 15 is 0 Å². The topological polar surface area (TPSA) is 30.0 Å². The maximum absolute atomic E-state index is 11.3. The van der Waals surface area contributed by atoms with Crippen LogP contribution in [0.3, 0.4) is 0 Å². The molecule has 76 valence electrons. The molecule has 0 spiro atoms. The van der Waals surface area contributed by atoms with E-state index in [2.05, 4.69) is 20.9 Å². The van der Waals surface area contributed by atoms with Crippen LogP contribution < -0.4 is 0 Å². The molecule has 0 aliphatic carbocycles. The standard InChI is InChI=1S/C11H7BrClNO/c1-6(15)9-5-14-10-3-2-7(12)4-8(10)11(9)13/h2-5H,1H3. The van der Waals surface area contributed by atoms with Crippen molar-refractivity contribution in [3.8, 4) is 0 Å². The van der Waals surface area contributed by atoms with Crippen LogP contribution in [0.1, 0.15) is 17.3 Å². The van der Waals surface area contributed by atoms with E-state index in [0.29, 0.717) is 10.6 Å². The fourth-order valence-corrected chi connectivity index (χ4v) is 2.07. The SMILES string of the molecule is CC(=O)c1cnc2ccc(Br)cc2c1Cl. The van der Waals surface area contributed by atoms with E-state index in [9.17, 15) is 4.79 Å². The molecule has 15 heavy (non-hydrogen) atoms. The first-order valence-electron chi connectivity index (χ1n) is 4.34. The van der Waals surface area contributed by atoms with E-state index in [1.165, 1.54) is 13.1 Å². The molecule has 0 unspecified atom stereocenters. The number of hydrogen-bond acceptors (Lipinski definition) is 2. The predicted octanol–water partition coefficient (Wildman–Crippen LogP) is 3.85. The van der Waals surface area contributed by atoms with Gasteiger partial charge >= 0.3 is 0 Å². The molecule has 0 bridgehead atoms. The first-order chi connectivity index (χ1) is 7.09. The quantitative estimate of drug-likeness (QED) is 0.744. The Bertz CT molecular complexity index is 554. The largest absolute Gasteiger partial charge is 0.294 e. The Morgan fingerprint density at radius 1 is 1.47 bits per heavy atom. The van der Waals surface area contributed by atoms with Crippen LogP contribution in [0.15, 0.2) is 28.9 Å². The number of carbonyl (C=O) groups is 1. The second-order valence-corrected chi connectivity index (χ2v) is 4.50. The van der Waals surface area contributed by atoms with Crippen molar-refractivity contribution >= 4 is 44.2 Å². The molecule has 0 fully saturated rings. The van der Waals surface area contributed by atoms with Crippen molar-refractivity contribution in [2.24, 2.45) is 0 Å². The maximum atomic E-state index is 11.3. The fraction of sp³-hybridized carbons (Fsp3) is 0.0909. The molecule has 0 aliphatic rings. The highest BCUT2D eigenvalue weighted by atomic mass is 79.9. The Kier molecular flexibility index (Phi) is 2.76. The van der Waals surface area contributed by atoms with E-state index in [0.717, 1.165) is 15.4 Å². The maximum Gasteiger partial charge on any atom is 0.162 e. The minimum atomic E-state index is -0.0747. The molecule has 0 aliphatic heterocycles. The molecule has 2 nitrogen and oxygen atoms in total. The van der Waals surface area contributed by atoms with E-state index < -0.39 is 0 Å². The number of benzene rings is 1. The van der Waals surface area contributed by atoms with Crippen molar-refractivity contribution in [1.29, 1.82) is 0 Å². The lowest BCUT2D eigenvalue weighted by molar-refractivity contribution is 0.101. The van der Waals surface area contributed by atoms with E-state index in [-0.39, 0.29) is 5.78 Å². The van der Waals surface area contributed by atoms with Gasteiger partial charge < -0.3 is 0 Å². The van der Waals surface area contributed by atoms with Gasteiger partial charge in [-0.1, -0.05) is 27.5 Å². The summed E-state index contributed by atoms with van der Waals surface area (Å²) >= 11 is 9.48. The molecule has 0 saturated carbocycles. The highest BCUT2D eigenvalue weighted by Gasteiger charge is 2.10. The Balaban J connectivity index is 2.82. The van der Waals surface area contributed by atoms with Gasteiger partial charge in [0, 0.05) is 16.1 Å². The predicted molar refractivity (Wildman–Crippen MR) is 64.5 cm³/mol.